The van der Waals surface area contributed by atoms with Gasteiger partial charge in [0.2, 0.25) is 0 Å². The van der Waals surface area contributed by atoms with Gasteiger partial charge in [-0.05, 0) is 55.9 Å². The average molecular weight is 275 g/mol. The van der Waals surface area contributed by atoms with Gasteiger partial charge in [-0.15, -0.1) is 0 Å². The Kier molecular flexibility index (Phi) is 4.16. The lowest BCUT2D eigenvalue weighted by atomic mass is 9.82. The van der Waals surface area contributed by atoms with Crippen LogP contribution in [-0.2, 0) is 6.42 Å². The zero-order valence-electron chi connectivity index (χ0n) is 13.0. The summed E-state index contributed by atoms with van der Waals surface area (Å²) in [6.07, 6.45) is 11.1. The highest BCUT2D eigenvalue weighted by Gasteiger charge is 2.42. The van der Waals surface area contributed by atoms with Crippen LogP contribution in [0.2, 0.25) is 0 Å². The summed E-state index contributed by atoms with van der Waals surface area (Å²) >= 11 is 0. The van der Waals surface area contributed by atoms with Crippen molar-refractivity contribution in [3.63, 3.8) is 0 Å². The Morgan fingerprint density at radius 3 is 2.70 bits per heavy atom. The molecule has 2 saturated carbocycles. The second-order valence-corrected chi connectivity index (χ2v) is 6.96. The molecule has 3 heteroatoms. The molecule has 2 fully saturated rings. The molecule has 0 spiro atoms. The van der Waals surface area contributed by atoms with Crippen LogP contribution in [0.15, 0.2) is 12.3 Å². The van der Waals surface area contributed by atoms with E-state index in [2.05, 4.69) is 30.8 Å². The molecule has 1 aromatic heterocycles. The second-order valence-electron chi connectivity index (χ2n) is 6.96. The van der Waals surface area contributed by atoms with Crippen molar-refractivity contribution in [3.05, 3.63) is 18.0 Å². The van der Waals surface area contributed by atoms with Crippen molar-refractivity contribution in [1.29, 1.82) is 0 Å². The van der Waals surface area contributed by atoms with Crippen LogP contribution in [0.1, 0.15) is 64.1 Å². The fourth-order valence-electron chi connectivity index (χ4n) is 4.56. The van der Waals surface area contributed by atoms with E-state index in [1.54, 1.807) is 0 Å². The van der Waals surface area contributed by atoms with Gasteiger partial charge in [0, 0.05) is 18.7 Å². The minimum atomic E-state index is 0.315. The molecular formula is C17H29N3. The second kappa shape index (κ2) is 5.88. The third kappa shape index (κ3) is 2.65. The Morgan fingerprint density at radius 2 is 2.10 bits per heavy atom. The molecule has 4 unspecified atom stereocenters. The van der Waals surface area contributed by atoms with E-state index in [1.807, 2.05) is 0 Å². The lowest BCUT2D eigenvalue weighted by molar-refractivity contribution is 0.278. The molecule has 0 aliphatic heterocycles. The van der Waals surface area contributed by atoms with Gasteiger partial charge in [0.25, 0.3) is 0 Å². The summed E-state index contributed by atoms with van der Waals surface area (Å²) in [4.78, 5) is 0. The van der Waals surface area contributed by atoms with Crippen molar-refractivity contribution >= 4 is 0 Å². The number of hydrogen-bond acceptors (Lipinski definition) is 2. The van der Waals surface area contributed by atoms with Crippen molar-refractivity contribution in [1.82, 2.24) is 9.78 Å². The van der Waals surface area contributed by atoms with Crippen LogP contribution in [0.3, 0.4) is 0 Å². The largest absolute Gasteiger partial charge is 0.327 e. The van der Waals surface area contributed by atoms with Crippen LogP contribution in [-0.4, -0.2) is 15.8 Å². The summed E-state index contributed by atoms with van der Waals surface area (Å²) in [6.45, 7) is 4.47. The molecule has 0 amide bonds. The standard InChI is InChI=1S/C17H29N3/c1-3-15(4-2)20-8-7-14(19-20)11-17(18)16-10-12-5-6-13(16)9-12/h7-8,12-13,15-17H,3-6,9-11,18H2,1-2H3. The first-order chi connectivity index (χ1) is 9.71. The average Bonchev–Trinajstić information content (AvgIpc) is 3.16. The molecule has 112 valence electrons. The minimum absolute atomic E-state index is 0.315. The molecule has 3 nitrogen and oxygen atoms in total. The van der Waals surface area contributed by atoms with Crippen LogP contribution in [0, 0.1) is 17.8 Å². The van der Waals surface area contributed by atoms with Crippen LogP contribution >= 0.6 is 0 Å². The number of hydrogen-bond donors (Lipinski definition) is 1. The van der Waals surface area contributed by atoms with Gasteiger partial charge in [0.1, 0.15) is 0 Å². The maximum Gasteiger partial charge on any atom is 0.0640 e. The van der Waals surface area contributed by atoms with Crippen LogP contribution < -0.4 is 5.73 Å². The van der Waals surface area contributed by atoms with E-state index >= 15 is 0 Å². The Balaban J connectivity index is 1.60. The maximum atomic E-state index is 6.50. The van der Waals surface area contributed by atoms with Crippen molar-refractivity contribution in [2.75, 3.05) is 0 Å². The summed E-state index contributed by atoms with van der Waals surface area (Å²) in [7, 11) is 0. The van der Waals surface area contributed by atoms with Gasteiger partial charge < -0.3 is 5.73 Å². The van der Waals surface area contributed by atoms with E-state index < -0.39 is 0 Å². The van der Waals surface area contributed by atoms with Gasteiger partial charge in [-0.3, -0.25) is 4.68 Å². The summed E-state index contributed by atoms with van der Waals surface area (Å²) in [5.74, 6) is 2.65. The molecule has 0 saturated heterocycles. The highest BCUT2D eigenvalue weighted by atomic mass is 15.3. The zero-order chi connectivity index (χ0) is 14.1. The summed E-state index contributed by atoms with van der Waals surface area (Å²) in [6, 6.07) is 3.03. The molecule has 3 rings (SSSR count). The smallest absolute Gasteiger partial charge is 0.0640 e. The third-order valence-electron chi connectivity index (χ3n) is 5.77. The zero-order valence-corrected chi connectivity index (χ0v) is 13.0. The van der Waals surface area contributed by atoms with Crippen molar-refractivity contribution < 1.29 is 0 Å². The van der Waals surface area contributed by atoms with E-state index in [1.165, 1.54) is 31.4 Å². The lowest BCUT2D eigenvalue weighted by Crippen LogP contribution is -2.35. The normalized spacial score (nSPS) is 30.3. The van der Waals surface area contributed by atoms with Crippen molar-refractivity contribution in [2.24, 2.45) is 23.5 Å². The van der Waals surface area contributed by atoms with Crippen LogP contribution in [0.25, 0.3) is 0 Å². The van der Waals surface area contributed by atoms with Gasteiger partial charge in [0.15, 0.2) is 0 Å². The Morgan fingerprint density at radius 1 is 1.30 bits per heavy atom. The highest BCUT2D eigenvalue weighted by molar-refractivity contribution is 5.05. The summed E-state index contributed by atoms with van der Waals surface area (Å²) in [5, 5.41) is 4.76. The molecule has 0 radical (unpaired) electrons. The number of rotatable bonds is 6. The first-order valence-electron chi connectivity index (χ1n) is 8.50. The minimum Gasteiger partial charge on any atom is -0.327 e. The van der Waals surface area contributed by atoms with Gasteiger partial charge >= 0.3 is 0 Å². The molecule has 0 aromatic carbocycles. The molecule has 20 heavy (non-hydrogen) atoms. The fourth-order valence-corrected chi connectivity index (χ4v) is 4.56. The third-order valence-corrected chi connectivity index (χ3v) is 5.77. The fraction of sp³-hybridized carbons (Fsp3) is 0.824. The first kappa shape index (κ1) is 14.1. The quantitative estimate of drug-likeness (QED) is 0.863. The highest BCUT2D eigenvalue weighted by Crippen LogP contribution is 2.49. The summed E-state index contributed by atoms with van der Waals surface area (Å²) < 4.78 is 2.14. The molecule has 1 aromatic rings. The Bertz CT molecular complexity index is 435. The Labute approximate surface area is 122 Å². The maximum absolute atomic E-state index is 6.50. The van der Waals surface area contributed by atoms with Crippen molar-refractivity contribution in [3.8, 4) is 0 Å². The van der Waals surface area contributed by atoms with E-state index in [-0.39, 0.29) is 0 Å². The molecule has 4 atom stereocenters. The monoisotopic (exact) mass is 275 g/mol. The molecular weight excluding hydrogens is 246 g/mol. The van der Waals surface area contributed by atoms with Gasteiger partial charge in [-0.2, -0.15) is 5.10 Å². The number of fused-ring (bicyclic) bond motifs is 2. The SMILES string of the molecule is CCC(CC)n1ccc(CC(N)C2CC3CCC2C3)n1. The molecule has 2 aliphatic carbocycles. The van der Waals surface area contributed by atoms with Crippen LogP contribution in [0.4, 0.5) is 0 Å². The van der Waals surface area contributed by atoms with Crippen LogP contribution in [0.5, 0.6) is 0 Å². The van der Waals surface area contributed by atoms with Crippen molar-refractivity contribution in [2.45, 2.75) is 70.9 Å². The van der Waals surface area contributed by atoms with Gasteiger partial charge in [-0.1, -0.05) is 20.3 Å². The molecule has 1 heterocycles. The molecule has 2 bridgehead atoms. The molecule has 2 N–H and O–H groups in total. The van der Waals surface area contributed by atoms with Gasteiger partial charge in [0.05, 0.1) is 11.7 Å². The number of nitrogens with two attached hydrogens (primary N) is 1. The molecule has 2 aliphatic rings. The van der Waals surface area contributed by atoms with E-state index in [4.69, 9.17) is 10.8 Å². The number of nitrogens with zero attached hydrogens (tertiary/aromatic N) is 2. The Hall–Kier alpha value is -0.830. The predicted molar refractivity (Wildman–Crippen MR) is 82.5 cm³/mol. The van der Waals surface area contributed by atoms with Gasteiger partial charge in [-0.25, -0.2) is 0 Å². The van der Waals surface area contributed by atoms with E-state index in [0.717, 1.165) is 37.0 Å². The van der Waals surface area contributed by atoms with E-state index in [9.17, 15) is 0 Å². The first-order valence-corrected chi connectivity index (χ1v) is 8.50. The topological polar surface area (TPSA) is 43.8 Å². The number of aromatic nitrogens is 2. The summed E-state index contributed by atoms with van der Waals surface area (Å²) in [5.41, 5.74) is 7.69. The van der Waals surface area contributed by atoms with E-state index in [0.29, 0.717) is 12.1 Å². The lowest BCUT2D eigenvalue weighted by Gasteiger charge is -2.27. The predicted octanol–water partition coefficient (Wildman–Crippen LogP) is 3.55.